The van der Waals surface area contributed by atoms with Gasteiger partial charge in [0.15, 0.2) is 23.5 Å². The van der Waals surface area contributed by atoms with Crippen LogP contribution < -0.4 is 11.4 Å². The molecule has 1 fully saturated rings. The molecule has 0 spiro atoms. The van der Waals surface area contributed by atoms with E-state index in [1.165, 1.54) is 0 Å². The summed E-state index contributed by atoms with van der Waals surface area (Å²) in [4.78, 5) is 15.0. The highest BCUT2D eigenvalue weighted by Gasteiger charge is 2.56. The van der Waals surface area contributed by atoms with Gasteiger partial charge in [-0.3, -0.25) is 4.57 Å². The highest BCUT2D eigenvalue weighted by molar-refractivity contribution is 5.28. The van der Waals surface area contributed by atoms with Crippen LogP contribution in [0, 0.1) is 17.7 Å². The van der Waals surface area contributed by atoms with E-state index in [0.717, 1.165) is 0 Å². The van der Waals surface area contributed by atoms with E-state index in [1.54, 1.807) is 0 Å². The van der Waals surface area contributed by atoms with Gasteiger partial charge < -0.3 is 25.8 Å². The first kappa shape index (κ1) is 13.6. The molecule has 1 aromatic rings. The molecular formula is C12H13F2N3O5. The highest BCUT2D eigenvalue weighted by atomic mass is 19.1. The van der Waals surface area contributed by atoms with Gasteiger partial charge in [-0.15, -0.1) is 0 Å². The monoisotopic (exact) mass is 319 g/mol. The molecule has 22 heavy (non-hydrogen) atoms. The van der Waals surface area contributed by atoms with Crippen molar-refractivity contribution in [3.05, 3.63) is 22.5 Å². The number of alkyl halides is 1. The lowest BCUT2D eigenvalue weighted by molar-refractivity contribution is -0.0768. The Morgan fingerprint density at radius 3 is 2.95 bits per heavy atom. The number of nitrogens with zero attached hydrogens (tertiary/aromatic N) is 2. The van der Waals surface area contributed by atoms with Crippen molar-refractivity contribution in [3.63, 3.8) is 0 Å². The van der Waals surface area contributed by atoms with Gasteiger partial charge in [-0.2, -0.15) is 4.98 Å². The van der Waals surface area contributed by atoms with Gasteiger partial charge in [0.2, 0.25) is 0 Å². The van der Waals surface area contributed by atoms with Crippen LogP contribution in [0.1, 0.15) is 8.97 Å². The molecule has 1 aliphatic heterocycles. The molecule has 120 valence electrons. The Kier molecular flexibility index (Phi) is 3.69. The number of rotatable bonds is 2. The van der Waals surface area contributed by atoms with Crippen LogP contribution in [0.3, 0.4) is 0 Å². The van der Waals surface area contributed by atoms with Crippen molar-refractivity contribution in [3.8, 4) is 11.8 Å². The minimum absolute atomic E-state index is 0.369. The van der Waals surface area contributed by atoms with Crippen molar-refractivity contribution in [1.29, 1.82) is 0 Å². The van der Waals surface area contributed by atoms with Gasteiger partial charge >= 0.3 is 5.69 Å². The summed E-state index contributed by atoms with van der Waals surface area (Å²) in [6.45, 7) is -4.38. The molecule has 0 bridgehead atoms. The SMILES string of the molecule is [2H]C([2H])(O)[C@H]1O[C@@H](n2cc(F)c(N)nc2=O)C(O)(C#CCF)[C@H]1O. The lowest BCUT2D eigenvalue weighted by atomic mass is 9.94. The zero-order valence-corrected chi connectivity index (χ0v) is 10.9. The first-order chi connectivity index (χ1) is 11.0. The van der Waals surface area contributed by atoms with Crippen LogP contribution in [0.4, 0.5) is 14.6 Å². The molecule has 0 amide bonds. The Bertz CT molecular complexity index is 760. The molecule has 10 heteroatoms. The molecule has 2 heterocycles. The van der Waals surface area contributed by atoms with E-state index in [4.69, 9.17) is 13.2 Å². The summed E-state index contributed by atoms with van der Waals surface area (Å²) < 4.78 is 45.6. The van der Waals surface area contributed by atoms with Crippen molar-refractivity contribution < 1.29 is 31.6 Å². The number of aliphatic hydroxyl groups excluding tert-OH is 1. The van der Waals surface area contributed by atoms with Gasteiger partial charge in [0, 0.05) is 0 Å². The second-order valence-corrected chi connectivity index (χ2v) is 4.41. The summed E-state index contributed by atoms with van der Waals surface area (Å²) in [5, 5.41) is 29.9. The van der Waals surface area contributed by atoms with E-state index < -0.39 is 54.6 Å². The van der Waals surface area contributed by atoms with Crippen LogP contribution in [0.5, 0.6) is 0 Å². The summed E-state index contributed by atoms with van der Waals surface area (Å²) in [6.07, 6.45) is -5.73. The second kappa shape index (κ2) is 5.98. The molecule has 0 aromatic carbocycles. The lowest BCUT2D eigenvalue weighted by Gasteiger charge is -2.26. The third-order valence-electron chi connectivity index (χ3n) is 3.06. The maximum atomic E-state index is 13.6. The number of hydrogen-bond acceptors (Lipinski definition) is 7. The van der Waals surface area contributed by atoms with Crippen LogP contribution in [-0.2, 0) is 4.74 Å². The fraction of sp³-hybridized carbons (Fsp3) is 0.500. The zero-order valence-electron chi connectivity index (χ0n) is 12.9. The third kappa shape index (κ3) is 2.55. The number of nitrogen functional groups attached to an aromatic ring is 1. The number of aliphatic hydroxyl groups is 3. The minimum atomic E-state index is -3.15. The number of nitrogens with two attached hydrogens (primary N) is 1. The van der Waals surface area contributed by atoms with Gasteiger partial charge in [-0.05, 0) is 0 Å². The number of aromatic nitrogens is 2. The molecular weight excluding hydrogens is 304 g/mol. The van der Waals surface area contributed by atoms with Gasteiger partial charge in [-0.1, -0.05) is 11.8 Å². The molecule has 2 rings (SSSR count). The Hall–Kier alpha value is -2.06. The van der Waals surface area contributed by atoms with E-state index in [-0.39, 0.29) is 0 Å². The average Bonchev–Trinajstić information content (AvgIpc) is 2.74. The van der Waals surface area contributed by atoms with E-state index in [2.05, 4.69) is 4.98 Å². The maximum absolute atomic E-state index is 13.6. The first-order valence-electron chi connectivity index (χ1n) is 6.90. The Morgan fingerprint density at radius 1 is 1.68 bits per heavy atom. The van der Waals surface area contributed by atoms with Crippen LogP contribution in [0.2, 0.25) is 0 Å². The molecule has 0 aliphatic carbocycles. The minimum Gasteiger partial charge on any atom is -0.394 e. The van der Waals surface area contributed by atoms with E-state index in [1.807, 2.05) is 11.8 Å². The Morgan fingerprint density at radius 2 is 2.36 bits per heavy atom. The highest BCUT2D eigenvalue weighted by Crippen LogP contribution is 2.37. The first-order valence-corrected chi connectivity index (χ1v) is 5.90. The molecule has 1 saturated heterocycles. The van der Waals surface area contributed by atoms with E-state index in [9.17, 15) is 28.9 Å². The van der Waals surface area contributed by atoms with Crippen molar-refractivity contribution in [2.24, 2.45) is 0 Å². The normalized spacial score (nSPS) is 32.9. The molecule has 0 saturated carbocycles. The quantitative estimate of drug-likeness (QED) is 0.460. The number of ether oxygens (including phenoxy) is 1. The second-order valence-electron chi connectivity index (χ2n) is 4.41. The van der Waals surface area contributed by atoms with Crippen LogP contribution in [0.15, 0.2) is 11.0 Å². The van der Waals surface area contributed by atoms with Crippen LogP contribution in [0.25, 0.3) is 0 Å². The van der Waals surface area contributed by atoms with Gasteiger partial charge in [0.25, 0.3) is 0 Å². The number of hydrogen-bond donors (Lipinski definition) is 4. The van der Waals surface area contributed by atoms with Crippen molar-refractivity contribution in [1.82, 2.24) is 9.55 Å². The molecule has 1 aliphatic rings. The molecule has 1 aromatic heterocycles. The molecule has 4 atom stereocenters. The van der Waals surface area contributed by atoms with Crippen LogP contribution in [-0.4, -0.2) is 55.9 Å². The van der Waals surface area contributed by atoms with Gasteiger partial charge in [0.05, 0.1) is 15.5 Å². The summed E-state index contributed by atoms with van der Waals surface area (Å²) in [6, 6.07) is 0. The molecule has 8 nitrogen and oxygen atoms in total. The van der Waals surface area contributed by atoms with Crippen molar-refractivity contribution in [2.75, 3.05) is 19.0 Å². The van der Waals surface area contributed by atoms with Crippen molar-refractivity contribution in [2.45, 2.75) is 24.0 Å². The van der Waals surface area contributed by atoms with Crippen LogP contribution >= 0.6 is 0 Å². The predicted molar refractivity (Wildman–Crippen MR) is 68.6 cm³/mol. The standard InChI is InChI=1S/C12H13F2N3O5/c13-3-1-2-12(21)8(19)7(5-18)22-10(12)17-4-6(14)9(15)16-11(17)20/h4,7-8,10,18-19,21H,3,5H2,(H2,15,16,20)/t7-,8+,10-,12?/m1/s1/i5D2. The third-order valence-corrected chi connectivity index (χ3v) is 3.06. The zero-order chi connectivity index (χ0) is 18.3. The summed E-state index contributed by atoms with van der Waals surface area (Å²) in [7, 11) is 0. The summed E-state index contributed by atoms with van der Waals surface area (Å²) >= 11 is 0. The van der Waals surface area contributed by atoms with E-state index in [0.29, 0.717) is 10.8 Å². The molecule has 0 radical (unpaired) electrons. The summed E-state index contributed by atoms with van der Waals surface area (Å²) in [5.74, 6) is 1.82. The number of anilines is 1. The van der Waals surface area contributed by atoms with Crippen molar-refractivity contribution >= 4 is 5.82 Å². The maximum Gasteiger partial charge on any atom is 0.351 e. The summed E-state index contributed by atoms with van der Waals surface area (Å²) in [5.41, 5.74) is 1.21. The Balaban J connectivity index is 2.62. The molecule has 5 N–H and O–H groups in total. The predicted octanol–water partition coefficient (Wildman–Crippen LogP) is -2.08. The van der Waals surface area contributed by atoms with Gasteiger partial charge in [0.1, 0.15) is 18.9 Å². The number of halogens is 2. The fourth-order valence-electron chi connectivity index (χ4n) is 2.01. The largest absolute Gasteiger partial charge is 0.394 e. The fourth-order valence-corrected chi connectivity index (χ4v) is 2.01. The average molecular weight is 319 g/mol. The topological polar surface area (TPSA) is 131 Å². The molecule has 1 unspecified atom stereocenters. The Labute approximate surface area is 125 Å². The smallest absolute Gasteiger partial charge is 0.351 e. The van der Waals surface area contributed by atoms with E-state index >= 15 is 0 Å². The van der Waals surface area contributed by atoms with Gasteiger partial charge in [-0.25, -0.2) is 13.6 Å². The lowest BCUT2D eigenvalue weighted by Crippen LogP contribution is -2.48.